The quantitative estimate of drug-likeness (QED) is 0.722. The van der Waals surface area contributed by atoms with Crippen LogP contribution in [0.25, 0.3) is 10.6 Å². The van der Waals surface area contributed by atoms with Crippen LogP contribution >= 0.6 is 22.9 Å². The van der Waals surface area contributed by atoms with Crippen LogP contribution in [-0.2, 0) is 16.6 Å². The van der Waals surface area contributed by atoms with Gasteiger partial charge in [0.15, 0.2) is 0 Å². The summed E-state index contributed by atoms with van der Waals surface area (Å²) in [6.07, 6.45) is 1.70. The van der Waals surface area contributed by atoms with Crippen LogP contribution in [0, 0.1) is 6.92 Å². The molecule has 0 aliphatic rings. The van der Waals surface area contributed by atoms with Gasteiger partial charge in [0.2, 0.25) is 10.0 Å². The van der Waals surface area contributed by atoms with E-state index < -0.39 is 10.0 Å². The Morgan fingerprint density at radius 3 is 2.75 bits per heavy atom. The van der Waals surface area contributed by atoms with Gasteiger partial charge in [-0.3, -0.25) is 4.98 Å². The van der Waals surface area contributed by atoms with Crippen molar-refractivity contribution in [3.8, 4) is 10.6 Å². The second kappa shape index (κ2) is 7.03. The van der Waals surface area contributed by atoms with E-state index in [0.29, 0.717) is 10.6 Å². The van der Waals surface area contributed by atoms with Crippen LogP contribution in [0.3, 0.4) is 0 Å². The Bertz CT molecular complexity index is 954. The number of sulfonamides is 1. The molecule has 0 unspecified atom stereocenters. The van der Waals surface area contributed by atoms with Crippen molar-refractivity contribution in [2.75, 3.05) is 0 Å². The zero-order chi connectivity index (χ0) is 17.2. The lowest BCUT2D eigenvalue weighted by molar-refractivity contribution is 0.580. The molecule has 0 spiro atoms. The van der Waals surface area contributed by atoms with Gasteiger partial charge in [-0.25, -0.2) is 13.1 Å². The Balaban J connectivity index is 1.88. The molecule has 0 atom stereocenters. The van der Waals surface area contributed by atoms with E-state index in [4.69, 9.17) is 11.6 Å². The zero-order valence-electron chi connectivity index (χ0n) is 12.9. The third-order valence-electron chi connectivity index (χ3n) is 3.61. The molecule has 3 aromatic rings. The van der Waals surface area contributed by atoms with Crippen molar-refractivity contribution in [3.05, 3.63) is 70.2 Å². The molecular weight excluding hydrogens is 364 g/mol. The van der Waals surface area contributed by atoms with Crippen LogP contribution in [0.1, 0.15) is 11.1 Å². The summed E-state index contributed by atoms with van der Waals surface area (Å²) >= 11 is 7.60. The molecule has 0 saturated heterocycles. The maximum absolute atomic E-state index is 12.6. The zero-order valence-corrected chi connectivity index (χ0v) is 15.3. The molecule has 4 nitrogen and oxygen atoms in total. The Labute approximate surface area is 150 Å². The second-order valence-electron chi connectivity index (χ2n) is 5.18. The molecule has 0 aliphatic heterocycles. The number of hydrogen-bond donors (Lipinski definition) is 1. The minimum atomic E-state index is -3.66. The Hall–Kier alpha value is -1.73. The van der Waals surface area contributed by atoms with Crippen LogP contribution < -0.4 is 4.72 Å². The SMILES string of the molecule is Cc1c(Cl)cccc1S(=O)(=O)NCc1cccnc1-c1cccs1. The van der Waals surface area contributed by atoms with E-state index in [1.54, 1.807) is 48.7 Å². The van der Waals surface area contributed by atoms with Gasteiger partial charge in [0, 0.05) is 17.8 Å². The number of aromatic nitrogens is 1. The molecule has 0 fully saturated rings. The van der Waals surface area contributed by atoms with E-state index >= 15 is 0 Å². The highest BCUT2D eigenvalue weighted by molar-refractivity contribution is 7.89. The summed E-state index contributed by atoms with van der Waals surface area (Å²) in [5, 5.41) is 2.39. The number of rotatable bonds is 5. The predicted octanol–water partition coefficient (Wildman–Crippen LogP) is 4.25. The van der Waals surface area contributed by atoms with Crippen molar-refractivity contribution in [1.29, 1.82) is 0 Å². The van der Waals surface area contributed by atoms with E-state index in [0.717, 1.165) is 16.1 Å². The van der Waals surface area contributed by atoms with Crippen molar-refractivity contribution in [2.24, 2.45) is 0 Å². The third-order valence-corrected chi connectivity index (χ3v) is 6.44. The van der Waals surface area contributed by atoms with Gasteiger partial charge < -0.3 is 0 Å². The largest absolute Gasteiger partial charge is 0.255 e. The molecule has 0 saturated carbocycles. The van der Waals surface area contributed by atoms with Gasteiger partial charge >= 0.3 is 0 Å². The van der Waals surface area contributed by atoms with E-state index in [1.807, 2.05) is 23.6 Å². The number of nitrogens with zero attached hydrogens (tertiary/aromatic N) is 1. The first-order valence-corrected chi connectivity index (χ1v) is 9.95. The highest BCUT2D eigenvalue weighted by Gasteiger charge is 2.18. The number of thiophene rings is 1. The van der Waals surface area contributed by atoms with Gasteiger partial charge in [0.05, 0.1) is 15.5 Å². The third kappa shape index (κ3) is 3.52. The minimum absolute atomic E-state index is 0.162. The smallest absolute Gasteiger partial charge is 0.241 e. The first-order valence-electron chi connectivity index (χ1n) is 7.21. The van der Waals surface area contributed by atoms with Crippen molar-refractivity contribution < 1.29 is 8.42 Å². The van der Waals surface area contributed by atoms with Crippen LogP contribution in [-0.4, -0.2) is 13.4 Å². The molecule has 0 radical (unpaired) electrons. The topological polar surface area (TPSA) is 59.1 Å². The summed E-state index contributed by atoms with van der Waals surface area (Å²) in [6.45, 7) is 1.85. The Morgan fingerprint density at radius 1 is 1.17 bits per heavy atom. The molecule has 3 rings (SSSR count). The number of halogens is 1. The molecule has 7 heteroatoms. The average molecular weight is 379 g/mol. The molecule has 2 aromatic heterocycles. The molecular formula is C17H15ClN2O2S2. The lowest BCUT2D eigenvalue weighted by Gasteiger charge is -2.12. The maximum atomic E-state index is 12.6. The molecule has 0 amide bonds. The first-order chi connectivity index (χ1) is 11.5. The monoisotopic (exact) mass is 378 g/mol. The number of pyridine rings is 1. The summed E-state index contributed by atoms with van der Waals surface area (Å²) in [5.74, 6) is 0. The van der Waals surface area contributed by atoms with Gasteiger partial charge in [0.1, 0.15) is 0 Å². The van der Waals surface area contributed by atoms with Crippen LogP contribution in [0.2, 0.25) is 5.02 Å². The molecule has 0 bridgehead atoms. The van der Waals surface area contributed by atoms with Gasteiger partial charge in [-0.05, 0) is 47.7 Å². The number of benzene rings is 1. The summed E-state index contributed by atoms with van der Waals surface area (Å²) < 4.78 is 27.8. The molecule has 2 heterocycles. The standard InChI is InChI=1S/C17H15ClN2O2S2/c1-12-14(18)6-2-8-16(12)24(21,22)20-11-13-5-3-9-19-17(13)15-7-4-10-23-15/h2-10,20H,11H2,1H3. The molecule has 0 aliphatic carbocycles. The fourth-order valence-electron chi connectivity index (χ4n) is 2.35. The fraction of sp³-hybridized carbons (Fsp3) is 0.118. The van der Waals surface area contributed by atoms with Gasteiger partial charge in [-0.15, -0.1) is 11.3 Å². The van der Waals surface area contributed by atoms with Crippen molar-refractivity contribution >= 4 is 33.0 Å². The molecule has 124 valence electrons. The minimum Gasteiger partial charge on any atom is -0.255 e. The molecule has 1 N–H and O–H groups in total. The molecule has 1 aromatic carbocycles. The van der Waals surface area contributed by atoms with Gasteiger partial charge in [-0.2, -0.15) is 0 Å². The number of hydrogen-bond acceptors (Lipinski definition) is 4. The normalized spacial score (nSPS) is 11.6. The lowest BCUT2D eigenvalue weighted by atomic mass is 10.2. The van der Waals surface area contributed by atoms with Crippen molar-refractivity contribution in [1.82, 2.24) is 9.71 Å². The number of nitrogens with one attached hydrogen (secondary N) is 1. The maximum Gasteiger partial charge on any atom is 0.241 e. The van der Waals surface area contributed by atoms with E-state index in [-0.39, 0.29) is 11.4 Å². The highest BCUT2D eigenvalue weighted by Crippen LogP contribution is 2.27. The Morgan fingerprint density at radius 2 is 2.00 bits per heavy atom. The van der Waals surface area contributed by atoms with Crippen LogP contribution in [0.4, 0.5) is 0 Å². The van der Waals surface area contributed by atoms with Crippen molar-refractivity contribution in [3.63, 3.8) is 0 Å². The van der Waals surface area contributed by atoms with Crippen LogP contribution in [0.15, 0.2) is 58.9 Å². The van der Waals surface area contributed by atoms with E-state index in [1.165, 1.54) is 0 Å². The summed E-state index contributed by atoms with van der Waals surface area (Å²) in [6, 6.07) is 12.4. The van der Waals surface area contributed by atoms with Crippen LogP contribution in [0.5, 0.6) is 0 Å². The first kappa shape index (κ1) is 17.1. The van der Waals surface area contributed by atoms with Gasteiger partial charge in [0.25, 0.3) is 0 Å². The second-order valence-corrected chi connectivity index (χ2v) is 8.27. The lowest BCUT2D eigenvalue weighted by Crippen LogP contribution is -2.24. The fourth-order valence-corrected chi connectivity index (χ4v) is 4.60. The predicted molar refractivity (Wildman–Crippen MR) is 97.8 cm³/mol. The van der Waals surface area contributed by atoms with E-state index in [9.17, 15) is 8.42 Å². The van der Waals surface area contributed by atoms with Crippen molar-refractivity contribution in [2.45, 2.75) is 18.4 Å². The highest BCUT2D eigenvalue weighted by atomic mass is 35.5. The van der Waals surface area contributed by atoms with Gasteiger partial charge in [-0.1, -0.05) is 29.8 Å². The average Bonchev–Trinajstić information content (AvgIpc) is 3.10. The Kier molecular flexibility index (Phi) is 5.01. The van der Waals surface area contributed by atoms with E-state index in [2.05, 4.69) is 9.71 Å². The summed E-state index contributed by atoms with van der Waals surface area (Å²) in [7, 11) is -3.66. The molecule has 24 heavy (non-hydrogen) atoms. The summed E-state index contributed by atoms with van der Waals surface area (Å²) in [5.41, 5.74) is 2.15. The summed E-state index contributed by atoms with van der Waals surface area (Å²) in [4.78, 5) is 5.58.